The van der Waals surface area contributed by atoms with Gasteiger partial charge in [-0.05, 0) is 43.9 Å². The molecule has 1 aromatic carbocycles. The van der Waals surface area contributed by atoms with Crippen LogP contribution in [0.15, 0.2) is 24.3 Å². The molecule has 2 aliphatic rings. The zero-order valence-electron chi connectivity index (χ0n) is 13.8. The SMILES string of the molecule is CC(=O)N1CCC[C@H](NC2CCN(c3cccc(F)c3)CC2)C1. The van der Waals surface area contributed by atoms with Crippen LogP contribution in [0.5, 0.6) is 0 Å². The van der Waals surface area contributed by atoms with Gasteiger partial charge in [0.05, 0.1) is 0 Å². The van der Waals surface area contributed by atoms with E-state index in [-0.39, 0.29) is 11.7 Å². The molecular weight excluding hydrogens is 293 g/mol. The molecule has 1 atom stereocenters. The minimum atomic E-state index is -0.172. The third-order valence-corrected chi connectivity index (χ3v) is 5.01. The molecule has 1 aromatic rings. The summed E-state index contributed by atoms with van der Waals surface area (Å²) in [6, 6.07) is 7.76. The fraction of sp³-hybridized carbons (Fsp3) is 0.611. The lowest BCUT2D eigenvalue weighted by molar-refractivity contribution is -0.130. The molecule has 3 rings (SSSR count). The number of halogens is 1. The van der Waals surface area contributed by atoms with E-state index in [1.54, 1.807) is 19.1 Å². The van der Waals surface area contributed by atoms with Gasteiger partial charge in [0, 0.05) is 50.9 Å². The van der Waals surface area contributed by atoms with Crippen LogP contribution in [-0.4, -0.2) is 49.1 Å². The molecule has 0 radical (unpaired) electrons. The Morgan fingerprint density at radius 3 is 2.65 bits per heavy atom. The largest absolute Gasteiger partial charge is 0.371 e. The van der Waals surface area contributed by atoms with Gasteiger partial charge < -0.3 is 15.1 Å². The van der Waals surface area contributed by atoms with E-state index in [9.17, 15) is 9.18 Å². The van der Waals surface area contributed by atoms with E-state index in [1.165, 1.54) is 6.07 Å². The highest BCUT2D eigenvalue weighted by atomic mass is 19.1. The minimum Gasteiger partial charge on any atom is -0.371 e. The lowest BCUT2D eigenvalue weighted by Crippen LogP contribution is -2.52. The highest BCUT2D eigenvalue weighted by Gasteiger charge is 2.26. The molecule has 0 aliphatic carbocycles. The molecule has 0 unspecified atom stereocenters. The molecule has 0 spiro atoms. The third-order valence-electron chi connectivity index (χ3n) is 5.01. The number of amides is 1. The molecule has 2 aliphatic heterocycles. The second-order valence-corrected chi connectivity index (χ2v) is 6.71. The average molecular weight is 319 g/mol. The van der Waals surface area contributed by atoms with Gasteiger partial charge >= 0.3 is 0 Å². The van der Waals surface area contributed by atoms with Crippen molar-refractivity contribution in [2.75, 3.05) is 31.1 Å². The number of nitrogens with one attached hydrogen (secondary N) is 1. The first-order valence-electron chi connectivity index (χ1n) is 8.64. The quantitative estimate of drug-likeness (QED) is 0.929. The Kier molecular flexibility index (Phi) is 5.16. The fourth-order valence-corrected chi connectivity index (χ4v) is 3.71. The molecule has 2 heterocycles. The number of nitrogens with zero attached hydrogens (tertiary/aromatic N) is 2. The summed E-state index contributed by atoms with van der Waals surface area (Å²) in [7, 11) is 0. The van der Waals surface area contributed by atoms with Crippen LogP contribution in [-0.2, 0) is 4.79 Å². The molecular formula is C18H26FN3O. The van der Waals surface area contributed by atoms with Crippen molar-refractivity contribution in [1.82, 2.24) is 10.2 Å². The highest BCUT2D eigenvalue weighted by molar-refractivity contribution is 5.73. The molecule has 0 bridgehead atoms. The van der Waals surface area contributed by atoms with Crippen LogP contribution in [0.25, 0.3) is 0 Å². The monoisotopic (exact) mass is 319 g/mol. The van der Waals surface area contributed by atoms with Crippen molar-refractivity contribution in [3.63, 3.8) is 0 Å². The van der Waals surface area contributed by atoms with Crippen LogP contribution in [0.1, 0.15) is 32.6 Å². The Morgan fingerprint density at radius 2 is 1.96 bits per heavy atom. The summed E-state index contributed by atoms with van der Waals surface area (Å²) in [4.78, 5) is 15.7. The number of piperidine rings is 2. The van der Waals surface area contributed by atoms with E-state index in [0.717, 1.165) is 57.5 Å². The number of anilines is 1. The molecule has 0 saturated carbocycles. The van der Waals surface area contributed by atoms with E-state index in [4.69, 9.17) is 0 Å². The molecule has 5 heteroatoms. The van der Waals surface area contributed by atoms with Crippen molar-refractivity contribution >= 4 is 11.6 Å². The molecule has 0 aromatic heterocycles. The number of hydrogen-bond donors (Lipinski definition) is 1. The molecule has 2 saturated heterocycles. The second-order valence-electron chi connectivity index (χ2n) is 6.71. The van der Waals surface area contributed by atoms with Crippen LogP contribution in [0, 0.1) is 5.82 Å². The maximum Gasteiger partial charge on any atom is 0.219 e. The third kappa shape index (κ3) is 4.22. The lowest BCUT2D eigenvalue weighted by atomic mass is 9.99. The first-order valence-corrected chi connectivity index (χ1v) is 8.64. The Hall–Kier alpha value is -1.62. The lowest BCUT2D eigenvalue weighted by Gasteiger charge is -2.38. The van der Waals surface area contributed by atoms with Gasteiger partial charge in [0.25, 0.3) is 0 Å². The summed E-state index contributed by atoms with van der Waals surface area (Å²) in [6.45, 7) is 5.28. The van der Waals surface area contributed by atoms with E-state index >= 15 is 0 Å². The van der Waals surface area contributed by atoms with Gasteiger partial charge in [0.15, 0.2) is 0 Å². The van der Waals surface area contributed by atoms with Gasteiger partial charge in [-0.15, -0.1) is 0 Å². The number of rotatable bonds is 3. The Morgan fingerprint density at radius 1 is 1.17 bits per heavy atom. The molecule has 1 N–H and O–H groups in total. The minimum absolute atomic E-state index is 0.172. The normalized spacial score (nSPS) is 23.1. The van der Waals surface area contributed by atoms with Crippen LogP contribution in [0.3, 0.4) is 0 Å². The molecule has 2 fully saturated rings. The highest BCUT2D eigenvalue weighted by Crippen LogP contribution is 2.21. The van der Waals surface area contributed by atoms with E-state index in [2.05, 4.69) is 10.2 Å². The summed E-state index contributed by atoms with van der Waals surface area (Å²) < 4.78 is 13.3. The van der Waals surface area contributed by atoms with Gasteiger partial charge in [-0.25, -0.2) is 4.39 Å². The molecule has 4 nitrogen and oxygen atoms in total. The van der Waals surface area contributed by atoms with Crippen LogP contribution >= 0.6 is 0 Å². The summed E-state index contributed by atoms with van der Waals surface area (Å²) in [5, 5.41) is 3.73. The molecule has 23 heavy (non-hydrogen) atoms. The maximum atomic E-state index is 13.3. The molecule has 126 valence electrons. The maximum absolute atomic E-state index is 13.3. The Bertz CT molecular complexity index is 543. The number of likely N-dealkylation sites (tertiary alicyclic amines) is 1. The van der Waals surface area contributed by atoms with Gasteiger partial charge in [-0.3, -0.25) is 4.79 Å². The zero-order chi connectivity index (χ0) is 16.2. The van der Waals surface area contributed by atoms with Crippen LogP contribution in [0.2, 0.25) is 0 Å². The summed E-state index contributed by atoms with van der Waals surface area (Å²) in [5.41, 5.74) is 0.976. The Labute approximate surface area is 137 Å². The topological polar surface area (TPSA) is 35.6 Å². The Balaban J connectivity index is 1.48. The predicted octanol–water partition coefficient (Wildman–Crippen LogP) is 2.39. The van der Waals surface area contributed by atoms with Gasteiger partial charge in [0.2, 0.25) is 5.91 Å². The standard InChI is InChI=1S/C18H26FN3O/c1-14(23)22-9-3-5-17(13-22)20-16-7-10-21(11-8-16)18-6-2-4-15(19)12-18/h2,4,6,12,16-17,20H,3,5,7-11,13H2,1H3/t17-/m0/s1. The summed E-state index contributed by atoms with van der Waals surface area (Å²) in [5.74, 6) is 0.00621. The van der Waals surface area contributed by atoms with Crippen molar-refractivity contribution in [3.8, 4) is 0 Å². The van der Waals surface area contributed by atoms with Gasteiger partial charge in [0.1, 0.15) is 5.82 Å². The van der Waals surface area contributed by atoms with Crippen LogP contribution < -0.4 is 10.2 Å². The van der Waals surface area contributed by atoms with E-state index < -0.39 is 0 Å². The smallest absolute Gasteiger partial charge is 0.219 e. The predicted molar refractivity (Wildman–Crippen MR) is 90.0 cm³/mol. The van der Waals surface area contributed by atoms with Crippen molar-refractivity contribution in [2.45, 2.75) is 44.7 Å². The number of carbonyl (C=O) groups is 1. The second kappa shape index (κ2) is 7.30. The van der Waals surface area contributed by atoms with Crippen molar-refractivity contribution in [1.29, 1.82) is 0 Å². The van der Waals surface area contributed by atoms with Gasteiger partial charge in [-0.1, -0.05) is 6.07 Å². The number of hydrogen-bond acceptors (Lipinski definition) is 3. The van der Waals surface area contributed by atoms with Gasteiger partial charge in [-0.2, -0.15) is 0 Å². The van der Waals surface area contributed by atoms with E-state index in [0.29, 0.717) is 12.1 Å². The summed E-state index contributed by atoms with van der Waals surface area (Å²) >= 11 is 0. The fourth-order valence-electron chi connectivity index (χ4n) is 3.71. The first-order chi connectivity index (χ1) is 11.1. The van der Waals surface area contributed by atoms with Crippen LogP contribution in [0.4, 0.5) is 10.1 Å². The zero-order valence-corrected chi connectivity index (χ0v) is 13.8. The summed E-state index contributed by atoms with van der Waals surface area (Å²) in [6.07, 6.45) is 4.35. The van der Waals surface area contributed by atoms with Crippen molar-refractivity contribution < 1.29 is 9.18 Å². The van der Waals surface area contributed by atoms with E-state index in [1.807, 2.05) is 11.0 Å². The number of benzene rings is 1. The van der Waals surface area contributed by atoms with Crippen molar-refractivity contribution in [2.24, 2.45) is 0 Å². The first kappa shape index (κ1) is 16.2. The van der Waals surface area contributed by atoms with Crippen molar-refractivity contribution in [3.05, 3.63) is 30.1 Å². The average Bonchev–Trinajstić information content (AvgIpc) is 2.56. The molecule has 1 amide bonds. The number of carbonyl (C=O) groups excluding carboxylic acids is 1.